The smallest absolute Gasteiger partial charge is 0.118 e. The number of ether oxygens (including phenoxy) is 1. The van der Waals surface area contributed by atoms with Crippen LogP contribution in [0.15, 0.2) is 46.8 Å². The number of hydrogen-bond acceptors (Lipinski definition) is 3. The summed E-state index contributed by atoms with van der Waals surface area (Å²) in [6, 6.07) is 12.1. The topological polar surface area (TPSA) is 21.6 Å². The Morgan fingerprint density at radius 3 is 2.69 bits per heavy atom. The zero-order valence-corrected chi connectivity index (χ0v) is 9.91. The van der Waals surface area contributed by atoms with Gasteiger partial charge in [0.1, 0.15) is 5.75 Å². The highest BCUT2D eigenvalue weighted by atomic mass is 32.1. The van der Waals surface area contributed by atoms with Crippen molar-refractivity contribution >= 4 is 17.6 Å². The number of hydrogen-bond donors (Lipinski definition) is 0. The largest absolute Gasteiger partial charge is 0.497 e. The van der Waals surface area contributed by atoms with Crippen LogP contribution >= 0.6 is 11.3 Å². The molecule has 0 unspecified atom stereocenters. The molecule has 0 amide bonds. The van der Waals surface area contributed by atoms with Gasteiger partial charge in [0, 0.05) is 11.1 Å². The van der Waals surface area contributed by atoms with E-state index in [1.165, 1.54) is 10.4 Å². The van der Waals surface area contributed by atoms with Crippen molar-refractivity contribution in [2.45, 2.75) is 6.54 Å². The maximum atomic E-state index is 5.10. The minimum atomic E-state index is 0.710. The minimum absolute atomic E-state index is 0.710. The monoisotopic (exact) mass is 231 g/mol. The van der Waals surface area contributed by atoms with Crippen LogP contribution in [0.3, 0.4) is 0 Å². The number of thiophene rings is 1. The Kier molecular flexibility index (Phi) is 3.72. The fourth-order valence-electron chi connectivity index (χ4n) is 1.34. The molecule has 1 aromatic heterocycles. The van der Waals surface area contributed by atoms with Gasteiger partial charge in [-0.3, -0.25) is 4.99 Å². The van der Waals surface area contributed by atoms with Crippen molar-refractivity contribution < 1.29 is 4.74 Å². The lowest BCUT2D eigenvalue weighted by Gasteiger charge is -2.00. The fourth-order valence-corrected chi connectivity index (χ4v) is 1.94. The molecule has 1 heterocycles. The Hall–Kier alpha value is -1.61. The van der Waals surface area contributed by atoms with E-state index in [-0.39, 0.29) is 0 Å². The van der Waals surface area contributed by atoms with E-state index in [2.05, 4.69) is 16.4 Å². The molecular formula is C13H13NOS. The van der Waals surface area contributed by atoms with Crippen LogP contribution in [0, 0.1) is 0 Å². The van der Waals surface area contributed by atoms with Crippen LogP contribution in [0.1, 0.15) is 10.4 Å². The number of nitrogens with zero attached hydrogens (tertiary/aromatic N) is 1. The molecule has 0 atom stereocenters. The summed E-state index contributed by atoms with van der Waals surface area (Å²) in [5.41, 5.74) is 1.19. The molecular weight excluding hydrogens is 218 g/mol. The lowest BCUT2D eigenvalue weighted by Crippen LogP contribution is -1.85. The SMILES string of the molecule is COc1ccc(CN=Cc2cccs2)cc1. The molecule has 1 aromatic carbocycles. The van der Waals surface area contributed by atoms with E-state index in [4.69, 9.17) is 4.74 Å². The first kappa shape index (κ1) is 10.9. The molecule has 2 rings (SSSR count). The zero-order chi connectivity index (χ0) is 11.2. The maximum Gasteiger partial charge on any atom is 0.118 e. The first-order valence-electron chi connectivity index (χ1n) is 5.05. The van der Waals surface area contributed by atoms with Crippen LogP contribution in [0.4, 0.5) is 0 Å². The van der Waals surface area contributed by atoms with Gasteiger partial charge in [-0.25, -0.2) is 0 Å². The summed E-state index contributed by atoms with van der Waals surface area (Å²) >= 11 is 1.69. The summed E-state index contributed by atoms with van der Waals surface area (Å²) in [6.45, 7) is 0.710. The third kappa shape index (κ3) is 2.94. The van der Waals surface area contributed by atoms with Crippen molar-refractivity contribution in [3.8, 4) is 5.75 Å². The lowest BCUT2D eigenvalue weighted by molar-refractivity contribution is 0.414. The van der Waals surface area contributed by atoms with Crippen LogP contribution in [0.2, 0.25) is 0 Å². The highest BCUT2D eigenvalue weighted by Crippen LogP contribution is 2.12. The quantitative estimate of drug-likeness (QED) is 0.739. The summed E-state index contributed by atoms with van der Waals surface area (Å²) < 4.78 is 5.10. The molecule has 0 bridgehead atoms. The van der Waals surface area contributed by atoms with Crippen LogP contribution in [-0.2, 0) is 6.54 Å². The average Bonchev–Trinajstić information content (AvgIpc) is 2.83. The second kappa shape index (κ2) is 5.47. The van der Waals surface area contributed by atoms with Crippen molar-refractivity contribution in [1.29, 1.82) is 0 Å². The summed E-state index contributed by atoms with van der Waals surface area (Å²) in [5, 5.41) is 2.05. The second-order valence-corrected chi connectivity index (χ2v) is 4.31. The molecule has 2 nitrogen and oxygen atoms in total. The molecule has 0 saturated carbocycles. The predicted molar refractivity (Wildman–Crippen MR) is 68.6 cm³/mol. The molecule has 2 aromatic rings. The molecule has 0 radical (unpaired) electrons. The fraction of sp³-hybridized carbons (Fsp3) is 0.154. The summed E-state index contributed by atoms with van der Waals surface area (Å²) in [5.74, 6) is 0.881. The Bertz CT molecular complexity index is 445. The highest BCUT2D eigenvalue weighted by Gasteiger charge is 1.92. The summed E-state index contributed by atoms with van der Waals surface area (Å²) in [7, 11) is 1.67. The molecule has 3 heteroatoms. The van der Waals surface area contributed by atoms with Gasteiger partial charge in [0.25, 0.3) is 0 Å². The van der Waals surface area contributed by atoms with Crippen LogP contribution in [0.5, 0.6) is 5.75 Å². The van der Waals surface area contributed by atoms with Crippen LogP contribution < -0.4 is 4.74 Å². The van der Waals surface area contributed by atoms with E-state index in [1.54, 1.807) is 18.4 Å². The molecule has 0 fully saturated rings. The Balaban J connectivity index is 1.94. The molecule has 0 aliphatic carbocycles. The standard InChI is InChI=1S/C13H13NOS/c1-15-12-6-4-11(5-7-12)9-14-10-13-3-2-8-16-13/h2-8,10H,9H2,1H3. The molecule has 0 N–H and O–H groups in total. The maximum absolute atomic E-state index is 5.10. The van der Waals surface area contributed by atoms with Gasteiger partial charge in [0.15, 0.2) is 0 Å². The van der Waals surface area contributed by atoms with E-state index in [1.807, 2.05) is 36.5 Å². The molecule has 0 saturated heterocycles. The van der Waals surface area contributed by atoms with E-state index in [9.17, 15) is 0 Å². The van der Waals surface area contributed by atoms with Crippen molar-refractivity contribution in [1.82, 2.24) is 0 Å². The van der Waals surface area contributed by atoms with Gasteiger partial charge in [-0.1, -0.05) is 18.2 Å². The lowest BCUT2D eigenvalue weighted by atomic mass is 10.2. The van der Waals surface area contributed by atoms with E-state index in [0.29, 0.717) is 6.54 Å². The first-order chi connectivity index (χ1) is 7.88. The normalized spacial score (nSPS) is 10.8. The Labute approximate surface area is 99.2 Å². The second-order valence-electron chi connectivity index (χ2n) is 3.33. The third-order valence-corrected chi connectivity index (χ3v) is 3.00. The minimum Gasteiger partial charge on any atom is -0.497 e. The van der Waals surface area contributed by atoms with Crippen molar-refractivity contribution in [3.05, 3.63) is 52.2 Å². The Morgan fingerprint density at radius 2 is 2.06 bits per heavy atom. The van der Waals surface area contributed by atoms with Gasteiger partial charge in [-0.2, -0.15) is 0 Å². The van der Waals surface area contributed by atoms with Crippen molar-refractivity contribution in [2.24, 2.45) is 4.99 Å². The Morgan fingerprint density at radius 1 is 1.25 bits per heavy atom. The van der Waals surface area contributed by atoms with E-state index in [0.717, 1.165) is 5.75 Å². The summed E-state index contributed by atoms with van der Waals surface area (Å²) in [4.78, 5) is 5.57. The first-order valence-corrected chi connectivity index (χ1v) is 5.93. The van der Waals surface area contributed by atoms with Crippen molar-refractivity contribution in [2.75, 3.05) is 7.11 Å². The van der Waals surface area contributed by atoms with Crippen LogP contribution in [0.25, 0.3) is 0 Å². The van der Waals surface area contributed by atoms with Gasteiger partial charge in [-0.05, 0) is 29.1 Å². The molecule has 0 spiro atoms. The van der Waals surface area contributed by atoms with E-state index >= 15 is 0 Å². The van der Waals surface area contributed by atoms with Gasteiger partial charge in [0.2, 0.25) is 0 Å². The van der Waals surface area contributed by atoms with Gasteiger partial charge in [0.05, 0.1) is 13.7 Å². The number of methoxy groups -OCH3 is 1. The number of benzene rings is 1. The van der Waals surface area contributed by atoms with Gasteiger partial charge >= 0.3 is 0 Å². The third-order valence-electron chi connectivity index (χ3n) is 2.19. The molecule has 0 aliphatic rings. The number of aliphatic imine (C=N–C) groups is 1. The van der Waals surface area contributed by atoms with E-state index < -0.39 is 0 Å². The molecule has 82 valence electrons. The number of rotatable bonds is 4. The zero-order valence-electron chi connectivity index (χ0n) is 9.09. The molecule has 0 aliphatic heterocycles. The van der Waals surface area contributed by atoms with Gasteiger partial charge in [-0.15, -0.1) is 11.3 Å². The molecule has 16 heavy (non-hydrogen) atoms. The average molecular weight is 231 g/mol. The van der Waals surface area contributed by atoms with Crippen molar-refractivity contribution in [3.63, 3.8) is 0 Å². The highest BCUT2D eigenvalue weighted by molar-refractivity contribution is 7.11. The van der Waals surface area contributed by atoms with Gasteiger partial charge < -0.3 is 4.74 Å². The summed E-state index contributed by atoms with van der Waals surface area (Å²) in [6.07, 6.45) is 1.91. The predicted octanol–water partition coefficient (Wildman–Crippen LogP) is 3.38. The van der Waals surface area contributed by atoms with Crippen LogP contribution in [-0.4, -0.2) is 13.3 Å².